The number of hydrogen-bond acceptors (Lipinski definition) is 6. The molecule has 3 rings (SSSR count). The fourth-order valence-electron chi connectivity index (χ4n) is 2.62. The second-order valence-corrected chi connectivity index (χ2v) is 9.55. The van der Waals surface area contributed by atoms with Gasteiger partial charge in [0.1, 0.15) is 0 Å². The second-order valence-electron chi connectivity index (χ2n) is 6.20. The molecule has 0 radical (unpaired) electrons. The summed E-state index contributed by atoms with van der Waals surface area (Å²) in [6, 6.07) is 12.6. The Morgan fingerprint density at radius 3 is 2.85 bits per heavy atom. The van der Waals surface area contributed by atoms with Gasteiger partial charge in [-0.1, -0.05) is 30.0 Å². The van der Waals surface area contributed by atoms with Gasteiger partial charge >= 0.3 is 0 Å². The molecule has 138 valence electrons. The van der Waals surface area contributed by atoms with Crippen molar-refractivity contribution in [3.05, 3.63) is 46.7 Å². The van der Waals surface area contributed by atoms with Crippen LogP contribution in [0.1, 0.15) is 23.8 Å². The van der Waals surface area contributed by atoms with E-state index in [-0.39, 0.29) is 11.9 Å². The zero-order valence-electron chi connectivity index (χ0n) is 15.0. The topological polar surface area (TPSA) is 45.2 Å². The van der Waals surface area contributed by atoms with Crippen LogP contribution in [0.4, 0.5) is 0 Å². The number of rotatable bonds is 9. The van der Waals surface area contributed by atoms with E-state index in [1.807, 2.05) is 32.3 Å². The van der Waals surface area contributed by atoms with Crippen molar-refractivity contribution in [1.82, 2.24) is 15.2 Å². The first kappa shape index (κ1) is 19.4. The lowest BCUT2D eigenvalue weighted by Gasteiger charge is -2.23. The summed E-state index contributed by atoms with van der Waals surface area (Å²) in [5, 5.41) is 5.15. The zero-order valence-corrected chi connectivity index (χ0v) is 17.4. The van der Waals surface area contributed by atoms with Gasteiger partial charge in [-0.25, -0.2) is 4.98 Å². The number of carbonyl (C=O) groups is 1. The van der Waals surface area contributed by atoms with Gasteiger partial charge in [-0.15, -0.1) is 22.7 Å². The van der Waals surface area contributed by atoms with Gasteiger partial charge in [0.25, 0.3) is 0 Å². The molecule has 0 fully saturated rings. The summed E-state index contributed by atoms with van der Waals surface area (Å²) < 4.78 is 2.30. The Bertz CT molecular complexity index is 797. The highest BCUT2D eigenvalue weighted by atomic mass is 32.2. The average molecular weight is 406 g/mol. The van der Waals surface area contributed by atoms with Gasteiger partial charge in [-0.2, -0.15) is 0 Å². The van der Waals surface area contributed by atoms with E-state index in [9.17, 15) is 4.79 Å². The number of aromatic nitrogens is 1. The zero-order chi connectivity index (χ0) is 18.4. The fourth-order valence-corrected chi connectivity index (χ4v) is 5.62. The lowest BCUT2D eigenvalue weighted by atomic mass is 10.2. The van der Waals surface area contributed by atoms with E-state index in [1.54, 1.807) is 34.4 Å². The summed E-state index contributed by atoms with van der Waals surface area (Å²) >= 11 is 5.18. The van der Waals surface area contributed by atoms with E-state index < -0.39 is 0 Å². The van der Waals surface area contributed by atoms with E-state index in [4.69, 9.17) is 0 Å². The van der Waals surface area contributed by atoms with Crippen LogP contribution >= 0.6 is 34.4 Å². The van der Waals surface area contributed by atoms with E-state index >= 15 is 0 Å². The molecule has 0 aliphatic rings. The summed E-state index contributed by atoms with van der Waals surface area (Å²) in [4.78, 5) is 20.2. The quantitative estimate of drug-likeness (QED) is 0.416. The van der Waals surface area contributed by atoms with Gasteiger partial charge in [0, 0.05) is 23.6 Å². The number of nitrogens with zero attached hydrogens (tertiary/aromatic N) is 2. The molecule has 0 spiro atoms. The molecule has 0 bridgehead atoms. The summed E-state index contributed by atoms with van der Waals surface area (Å²) in [5.74, 6) is 1.04. The minimum Gasteiger partial charge on any atom is -0.354 e. The SMILES string of the molecule is CN(C)[C@H](CNC(=O)CCCSc1nc2ccccc2s1)c1cccs1. The molecule has 7 heteroatoms. The number of para-hydroxylation sites is 1. The monoisotopic (exact) mass is 405 g/mol. The number of carbonyl (C=O) groups excluding carboxylic acids is 1. The van der Waals surface area contributed by atoms with Gasteiger partial charge in [0.15, 0.2) is 4.34 Å². The molecular weight excluding hydrogens is 382 g/mol. The number of fused-ring (bicyclic) bond motifs is 1. The minimum absolute atomic E-state index is 0.123. The summed E-state index contributed by atoms with van der Waals surface area (Å²) in [5.41, 5.74) is 1.06. The van der Waals surface area contributed by atoms with Crippen molar-refractivity contribution in [2.45, 2.75) is 23.2 Å². The van der Waals surface area contributed by atoms with Crippen LogP contribution in [-0.2, 0) is 4.79 Å². The van der Waals surface area contributed by atoms with Crippen LogP contribution in [0.25, 0.3) is 10.2 Å². The van der Waals surface area contributed by atoms with Crippen molar-refractivity contribution < 1.29 is 4.79 Å². The van der Waals surface area contributed by atoms with Crippen LogP contribution in [0.5, 0.6) is 0 Å². The third-order valence-corrected chi connectivity index (χ3v) is 7.27. The van der Waals surface area contributed by atoms with Crippen LogP contribution in [-0.4, -0.2) is 42.2 Å². The Kier molecular flexibility index (Phi) is 7.07. The third kappa shape index (κ3) is 5.30. The van der Waals surface area contributed by atoms with E-state index in [2.05, 4.69) is 38.8 Å². The Morgan fingerprint density at radius 2 is 2.12 bits per heavy atom. The van der Waals surface area contributed by atoms with Crippen molar-refractivity contribution >= 4 is 50.6 Å². The highest BCUT2D eigenvalue weighted by molar-refractivity contribution is 8.01. The first-order chi connectivity index (χ1) is 12.6. The van der Waals surface area contributed by atoms with Crippen LogP contribution in [0.3, 0.4) is 0 Å². The molecule has 0 unspecified atom stereocenters. The number of thioether (sulfide) groups is 1. The summed E-state index contributed by atoms with van der Waals surface area (Å²) in [7, 11) is 4.09. The maximum absolute atomic E-state index is 12.1. The predicted octanol–water partition coefficient (Wildman–Crippen LogP) is 4.65. The van der Waals surface area contributed by atoms with Crippen molar-refractivity contribution in [1.29, 1.82) is 0 Å². The van der Waals surface area contributed by atoms with E-state index in [1.165, 1.54) is 9.58 Å². The number of thiophene rings is 1. The average Bonchev–Trinajstić information content (AvgIpc) is 3.28. The van der Waals surface area contributed by atoms with Crippen molar-refractivity contribution in [2.24, 2.45) is 0 Å². The summed E-state index contributed by atoms with van der Waals surface area (Å²) in [6.45, 7) is 0.650. The molecule has 0 aliphatic heterocycles. The van der Waals surface area contributed by atoms with E-state index in [0.717, 1.165) is 22.0 Å². The smallest absolute Gasteiger partial charge is 0.220 e. The molecule has 26 heavy (non-hydrogen) atoms. The Balaban J connectivity index is 1.38. The van der Waals surface area contributed by atoms with Crippen molar-refractivity contribution in [2.75, 3.05) is 26.4 Å². The molecule has 2 heterocycles. The molecule has 4 nitrogen and oxygen atoms in total. The number of benzene rings is 1. The fraction of sp³-hybridized carbons (Fsp3) is 0.368. The van der Waals surface area contributed by atoms with Crippen LogP contribution in [0.15, 0.2) is 46.1 Å². The maximum atomic E-state index is 12.1. The second kappa shape index (κ2) is 9.50. The maximum Gasteiger partial charge on any atom is 0.220 e. The number of thiazole rings is 1. The molecule has 1 amide bonds. The Labute approximate surface area is 166 Å². The van der Waals surface area contributed by atoms with Gasteiger partial charge in [-0.05, 0) is 44.1 Å². The third-order valence-electron chi connectivity index (χ3n) is 4.04. The number of nitrogens with one attached hydrogen (secondary N) is 1. The van der Waals surface area contributed by atoms with Gasteiger partial charge in [-0.3, -0.25) is 4.79 Å². The molecule has 2 aromatic heterocycles. The normalized spacial score (nSPS) is 12.6. The molecular formula is C19H23N3OS3. The highest BCUT2D eigenvalue weighted by Gasteiger charge is 2.16. The molecule has 1 N–H and O–H groups in total. The number of hydrogen-bond donors (Lipinski definition) is 1. The summed E-state index contributed by atoms with van der Waals surface area (Å²) in [6.07, 6.45) is 1.42. The minimum atomic E-state index is 0.123. The first-order valence-electron chi connectivity index (χ1n) is 8.58. The molecule has 0 saturated heterocycles. The number of likely N-dealkylation sites (N-methyl/N-ethyl adjacent to an activating group) is 1. The highest BCUT2D eigenvalue weighted by Crippen LogP contribution is 2.29. The standard InChI is InChI=1S/C19H23N3OS3/c1-22(2)15(17-9-5-11-24-17)13-20-18(23)10-6-12-25-19-21-14-7-3-4-8-16(14)26-19/h3-5,7-9,11,15H,6,10,12-13H2,1-2H3,(H,20,23)/t15-/m1/s1. The molecule has 1 atom stereocenters. The van der Waals surface area contributed by atoms with Gasteiger partial charge < -0.3 is 10.2 Å². The van der Waals surface area contributed by atoms with Crippen LogP contribution in [0.2, 0.25) is 0 Å². The lowest BCUT2D eigenvalue weighted by Crippen LogP contribution is -2.34. The Hall–Kier alpha value is -1.41. The molecule has 1 aromatic carbocycles. The molecule has 3 aromatic rings. The van der Waals surface area contributed by atoms with Crippen LogP contribution < -0.4 is 5.32 Å². The van der Waals surface area contributed by atoms with Crippen LogP contribution in [0, 0.1) is 0 Å². The molecule has 0 saturated carbocycles. The molecule has 0 aliphatic carbocycles. The predicted molar refractivity (Wildman–Crippen MR) is 113 cm³/mol. The van der Waals surface area contributed by atoms with Gasteiger partial charge in [0.05, 0.1) is 16.3 Å². The Morgan fingerprint density at radius 1 is 1.27 bits per heavy atom. The lowest BCUT2D eigenvalue weighted by molar-refractivity contribution is -0.121. The first-order valence-corrected chi connectivity index (χ1v) is 11.3. The number of amides is 1. The van der Waals surface area contributed by atoms with Gasteiger partial charge in [0.2, 0.25) is 5.91 Å². The van der Waals surface area contributed by atoms with Crippen molar-refractivity contribution in [3.63, 3.8) is 0 Å². The largest absolute Gasteiger partial charge is 0.354 e. The van der Waals surface area contributed by atoms with E-state index in [0.29, 0.717) is 13.0 Å². The van der Waals surface area contributed by atoms with Crippen molar-refractivity contribution in [3.8, 4) is 0 Å².